The molecule has 0 aromatic heterocycles. The van der Waals surface area contributed by atoms with Crippen LogP contribution in [0.1, 0.15) is 32.3 Å². The van der Waals surface area contributed by atoms with Crippen molar-refractivity contribution in [3.63, 3.8) is 0 Å². The average molecular weight is 327 g/mol. The molecule has 2 atom stereocenters. The smallest absolute Gasteiger partial charge is 0.220 e. The molecule has 0 radical (unpaired) electrons. The number of carbonyl (C=O) groups is 1. The van der Waals surface area contributed by atoms with Gasteiger partial charge in [-0.1, -0.05) is 44.2 Å². The van der Waals surface area contributed by atoms with Gasteiger partial charge in [-0.15, -0.1) is 12.4 Å². The average Bonchev–Trinajstić information content (AvgIpc) is 2.93. The molecule has 1 heterocycles. The molecule has 0 bridgehead atoms. The van der Waals surface area contributed by atoms with E-state index in [0.717, 1.165) is 19.5 Å². The Morgan fingerprint density at radius 1 is 1.32 bits per heavy atom. The summed E-state index contributed by atoms with van der Waals surface area (Å²) in [5.74, 6) is 0.106. The van der Waals surface area contributed by atoms with Crippen LogP contribution in [0.15, 0.2) is 30.3 Å². The van der Waals surface area contributed by atoms with E-state index in [-0.39, 0.29) is 35.9 Å². The maximum absolute atomic E-state index is 12.1. The number of nitrogens with one attached hydrogen (secondary N) is 2. The van der Waals surface area contributed by atoms with Crippen molar-refractivity contribution in [2.45, 2.75) is 44.2 Å². The quantitative estimate of drug-likeness (QED) is 0.843. The first-order chi connectivity index (χ1) is 10.0. The molecule has 1 aliphatic rings. The van der Waals surface area contributed by atoms with Crippen molar-refractivity contribution in [3.8, 4) is 0 Å². The van der Waals surface area contributed by atoms with Crippen molar-refractivity contribution in [3.05, 3.63) is 35.9 Å². The number of methoxy groups -OCH3 is 1. The van der Waals surface area contributed by atoms with Gasteiger partial charge < -0.3 is 15.4 Å². The maximum atomic E-state index is 12.1. The van der Waals surface area contributed by atoms with E-state index >= 15 is 0 Å². The van der Waals surface area contributed by atoms with Crippen molar-refractivity contribution >= 4 is 18.3 Å². The summed E-state index contributed by atoms with van der Waals surface area (Å²) in [5.41, 5.74) is 1.28. The second-order valence-corrected chi connectivity index (χ2v) is 6.36. The minimum atomic E-state index is 0. The molecule has 2 N–H and O–H groups in total. The third-order valence-corrected chi connectivity index (χ3v) is 4.34. The number of carbonyl (C=O) groups excluding carboxylic acids is 1. The van der Waals surface area contributed by atoms with E-state index in [1.165, 1.54) is 5.56 Å². The lowest BCUT2D eigenvalue weighted by molar-refractivity contribution is -0.122. The van der Waals surface area contributed by atoms with E-state index in [4.69, 9.17) is 4.74 Å². The largest absolute Gasteiger partial charge is 0.378 e. The molecule has 2 unspecified atom stereocenters. The summed E-state index contributed by atoms with van der Waals surface area (Å²) >= 11 is 0. The molecule has 2 rings (SSSR count). The molecule has 1 aromatic rings. The van der Waals surface area contributed by atoms with Crippen molar-refractivity contribution < 1.29 is 9.53 Å². The van der Waals surface area contributed by atoms with Crippen LogP contribution < -0.4 is 10.6 Å². The fourth-order valence-corrected chi connectivity index (χ4v) is 2.79. The molecule has 1 amide bonds. The van der Waals surface area contributed by atoms with E-state index in [1.54, 1.807) is 7.11 Å². The van der Waals surface area contributed by atoms with Gasteiger partial charge in [0.1, 0.15) is 0 Å². The van der Waals surface area contributed by atoms with Crippen molar-refractivity contribution in [2.24, 2.45) is 0 Å². The predicted octanol–water partition coefficient (Wildman–Crippen LogP) is 2.27. The van der Waals surface area contributed by atoms with Crippen LogP contribution in [0.25, 0.3) is 0 Å². The maximum Gasteiger partial charge on any atom is 0.220 e. The summed E-state index contributed by atoms with van der Waals surface area (Å²) in [4.78, 5) is 12.1. The summed E-state index contributed by atoms with van der Waals surface area (Å²) in [6.07, 6.45) is 1.45. The van der Waals surface area contributed by atoms with E-state index in [1.807, 2.05) is 18.2 Å². The highest BCUT2D eigenvalue weighted by molar-refractivity contribution is 5.85. The van der Waals surface area contributed by atoms with E-state index in [0.29, 0.717) is 6.42 Å². The highest BCUT2D eigenvalue weighted by Gasteiger charge is 2.29. The van der Waals surface area contributed by atoms with Crippen LogP contribution in [0.2, 0.25) is 0 Å². The molecule has 124 valence electrons. The summed E-state index contributed by atoms with van der Waals surface area (Å²) in [5, 5.41) is 6.31. The van der Waals surface area contributed by atoms with Crippen LogP contribution in [0.3, 0.4) is 0 Å². The summed E-state index contributed by atoms with van der Waals surface area (Å²) in [7, 11) is 1.69. The third kappa shape index (κ3) is 4.97. The van der Waals surface area contributed by atoms with Crippen molar-refractivity contribution in [2.75, 3.05) is 20.2 Å². The van der Waals surface area contributed by atoms with Gasteiger partial charge in [-0.25, -0.2) is 0 Å². The molecule has 22 heavy (non-hydrogen) atoms. The molecule has 5 heteroatoms. The number of hydrogen-bond acceptors (Lipinski definition) is 3. The Bertz CT molecular complexity index is 465. The lowest BCUT2D eigenvalue weighted by Gasteiger charge is -2.26. The fraction of sp³-hybridized carbons (Fsp3) is 0.588. The molecule has 4 nitrogen and oxygen atoms in total. The topological polar surface area (TPSA) is 50.4 Å². The summed E-state index contributed by atoms with van der Waals surface area (Å²) in [6, 6.07) is 10.4. The molecular weight excluding hydrogens is 300 g/mol. The number of ether oxygens (including phenoxy) is 1. The van der Waals surface area contributed by atoms with E-state index in [2.05, 4.69) is 36.6 Å². The number of benzene rings is 1. The van der Waals surface area contributed by atoms with Gasteiger partial charge in [-0.3, -0.25) is 4.79 Å². The van der Waals surface area contributed by atoms with Gasteiger partial charge in [0, 0.05) is 26.6 Å². The molecule has 0 spiro atoms. The Labute approximate surface area is 139 Å². The number of amides is 1. The zero-order valence-corrected chi connectivity index (χ0v) is 14.4. The first-order valence-corrected chi connectivity index (χ1v) is 7.61. The standard InChI is InChI=1S/C17H26N2O2.ClH/c1-17(2,13-7-5-4-6-8-13)10-9-16(20)19-14-11-18-12-15(14)21-3;/h4-8,14-15,18H,9-12H2,1-3H3,(H,19,20);1H. The van der Waals surface area contributed by atoms with Crippen LogP contribution in [-0.4, -0.2) is 38.3 Å². The van der Waals surface area contributed by atoms with Crippen LogP contribution >= 0.6 is 12.4 Å². The van der Waals surface area contributed by atoms with Crippen LogP contribution in [-0.2, 0) is 14.9 Å². The fourth-order valence-electron chi connectivity index (χ4n) is 2.79. The first-order valence-electron chi connectivity index (χ1n) is 7.61. The molecule has 1 aliphatic heterocycles. The van der Waals surface area contributed by atoms with Gasteiger partial charge in [0.05, 0.1) is 12.1 Å². The van der Waals surface area contributed by atoms with Crippen LogP contribution in [0.5, 0.6) is 0 Å². The van der Waals surface area contributed by atoms with Gasteiger partial charge in [0.2, 0.25) is 5.91 Å². The van der Waals surface area contributed by atoms with Gasteiger partial charge in [0.25, 0.3) is 0 Å². The van der Waals surface area contributed by atoms with Crippen LogP contribution in [0, 0.1) is 0 Å². The zero-order valence-electron chi connectivity index (χ0n) is 13.6. The van der Waals surface area contributed by atoms with Gasteiger partial charge in [-0.05, 0) is 17.4 Å². The second-order valence-electron chi connectivity index (χ2n) is 6.36. The zero-order chi connectivity index (χ0) is 15.3. The molecular formula is C17H27ClN2O2. The second kappa shape index (κ2) is 8.51. The van der Waals surface area contributed by atoms with Gasteiger partial charge in [0.15, 0.2) is 0 Å². The lowest BCUT2D eigenvalue weighted by Crippen LogP contribution is -2.43. The van der Waals surface area contributed by atoms with E-state index in [9.17, 15) is 4.79 Å². The Kier molecular flexibility index (Phi) is 7.33. The summed E-state index contributed by atoms with van der Waals surface area (Å²) < 4.78 is 5.36. The minimum Gasteiger partial charge on any atom is -0.378 e. The molecule has 1 fully saturated rings. The molecule has 0 aliphatic carbocycles. The monoisotopic (exact) mass is 326 g/mol. The predicted molar refractivity (Wildman–Crippen MR) is 91.5 cm³/mol. The Morgan fingerprint density at radius 3 is 2.64 bits per heavy atom. The Hall–Kier alpha value is -1.10. The number of halogens is 1. The van der Waals surface area contributed by atoms with Crippen molar-refractivity contribution in [1.29, 1.82) is 0 Å². The van der Waals surface area contributed by atoms with Gasteiger partial charge in [-0.2, -0.15) is 0 Å². The molecule has 0 saturated carbocycles. The first kappa shape index (κ1) is 18.9. The highest BCUT2D eigenvalue weighted by atomic mass is 35.5. The number of hydrogen-bond donors (Lipinski definition) is 2. The van der Waals surface area contributed by atoms with E-state index < -0.39 is 0 Å². The Balaban J connectivity index is 0.00000242. The SMILES string of the molecule is COC1CNCC1NC(=O)CCC(C)(C)c1ccccc1.Cl. The number of rotatable bonds is 6. The molecule has 1 aromatic carbocycles. The van der Waals surface area contributed by atoms with Crippen LogP contribution in [0.4, 0.5) is 0 Å². The highest BCUT2D eigenvalue weighted by Crippen LogP contribution is 2.28. The third-order valence-electron chi connectivity index (χ3n) is 4.34. The summed E-state index contributed by atoms with van der Waals surface area (Å²) in [6.45, 7) is 5.96. The Morgan fingerprint density at radius 2 is 2.00 bits per heavy atom. The van der Waals surface area contributed by atoms with Gasteiger partial charge >= 0.3 is 0 Å². The van der Waals surface area contributed by atoms with Crippen molar-refractivity contribution in [1.82, 2.24) is 10.6 Å². The molecule has 1 saturated heterocycles. The normalized spacial score (nSPS) is 21.2. The minimum absolute atomic E-state index is 0. The lowest BCUT2D eigenvalue weighted by atomic mass is 9.80.